The van der Waals surface area contributed by atoms with Gasteiger partial charge in [-0.3, -0.25) is 9.59 Å². The van der Waals surface area contributed by atoms with Gasteiger partial charge in [0.05, 0.1) is 12.2 Å². The normalized spacial score (nSPS) is 28.6. The Bertz CT molecular complexity index is 256. The summed E-state index contributed by atoms with van der Waals surface area (Å²) in [6, 6.07) is 0. The third-order valence-electron chi connectivity index (χ3n) is 2.47. The Morgan fingerprint density at radius 1 is 1.33 bits per heavy atom. The average molecular weight is 215 g/mol. The number of carbonyl (C=O) groups is 2. The van der Waals surface area contributed by atoms with Gasteiger partial charge in [-0.25, -0.2) is 0 Å². The Morgan fingerprint density at radius 3 is 2.20 bits per heavy atom. The molecule has 5 nitrogen and oxygen atoms in total. The molecule has 1 aliphatic rings. The molecule has 0 radical (unpaired) electrons. The molecule has 1 rings (SSSR count). The Hall–Kier alpha value is -1.10. The second-order valence-electron chi connectivity index (χ2n) is 4.06. The van der Waals surface area contributed by atoms with Crippen LogP contribution in [0.1, 0.15) is 20.8 Å². The van der Waals surface area contributed by atoms with Gasteiger partial charge >= 0.3 is 5.97 Å². The number of amides is 1. The molecule has 0 aromatic carbocycles. The Balaban J connectivity index is 2.63. The molecule has 1 N–H and O–H groups in total. The van der Waals surface area contributed by atoms with E-state index in [1.54, 1.807) is 4.90 Å². The maximum absolute atomic E-state index is 11.7. The second-order valence-corrected chi connectivity index (χ2v) is 4.06. The van der Waals surface area contributed by atoms with Crippen molar-refractivity contribution in [2.24, 2.45) is 5.92 Å². The third-order valence-corrected chi connectivity index (χ3v) is 2.47. The summed E-state index contributed by atoms with van der Waals surface area (Å²) in [5, 5.41) is 8.74. The van der Waals surface area contributed by atoms with E-state index in [4.69, 9.17) is 9.84 Å². The predicted molar refractivity (Wildman–Crippen MR) is 53.4 cm³/mol. The van der Waals surface area contributed by atoms with Crippen molar-refractivity contribution in [1.29, 1.82) is 0 Å². The quantitative estimate of drug-likeness (QED) is 0.675. The first-order chi connectivity index (χ1) is 6.91. The van der Waals surface area contributed by atoms with Gasteiger partial charge < -0.3 is 14.7 Å². The van der Waals surface area contributed by atoms with Gasteiger partial charge in [0.15, 0.2) is 0 Å². The molecule has 1 unspecified atom stereocenters. The zero-order valence-corrected chi connectivity index (χ0v) is 9.27. The highest BCUT2D eigenvalue weighted by atomic mass is 16.5. The van der Waals surface area contributed by atoms with Gasteiger partial charge in [0, 0.05) is 13.1 Å². The van der Waals surface area contributed by atoms with Crippen molar-refractivity contribution in [2.75, 3.05) is 13.1 Å². The molecule has 0 aliphatic carbocycles. The molecular weight excluding hydrogens is 198 g/mol. The van der Waals surface area contributed by atoms with E-state index in [9.17, 15) is 9.59 Å². The number of carboxylic acids is 1. The van der Waals surface area contributed by atoms with Crippen molar-refractivity contribution in [3.63, 3.8) is 0 Å². The number of carbonyl (C=O) groups excluding carboxylic acids is 1. The molecule has 1 amide bonds. The molecular formula is C10H17NO4. The van der Waals surface area contributed by atoms with Crippen molar-refractivity contribution in [1.82, 2.24) is 4.90 Å². The van der Waals surface area contributed by atoms with E-state index in [-0.39, 0.29) is 18.1 Å². The standard InChI is InChI=1S/C10H17NO4/c1-6-4-11(5-7(2)15-6)9(12)8(3)10(13)14/h6-8H,4-5H2,1-3H3,(H,13,14)/t6-,7+,8?. The molecule has 0 spiro atoms. The lowest BCUT2D eigenvalue weighted by atomic mass is 10.1. The summed E-state index contributed by atoms with van der Waals surface area (Å²) in [6.45, 7) is 6.11. The molecule has 15 heavy (non-hydrogen) atoms. The van der Waals surface area contributed by atoms with Gasteiger partial charge in [-0.2, -0.15) is 0 Å². The van der Waals surface area contributed by atoms with Crippen LogP contribution in [0.3, 0.4) is 0 Å². The van der Waals surface area contributed by atoms with Crippen LogP contribution in [-0.2, 0) is 14.3 Å². The number of aliphatic carboxylic acids is 1. The Morgan fingerprint density at radius 2 is 1.80 bits per heavy atom. The van der Waals surface area contributed by atoms with E-state index in [0.29, 0.717) is 13.1 Å². The molecule has 86 valence electrons. The van der Waals surface area contributed by atoms with Crippen LogP contribution in [0, 0.1) is 5.92 Å². The number of nitrogens with zero attached hydrogens (tertiary/aromatic N) is 1. The zero-order chi connectivity index (χ0) is 11.6. The van der Waals surface area contributed by atoms with Gasteiger partial charge in [0.2, 0.25) is 5.91 Å². The fourth-order valence-corrected chi connectivity index (χ4v) is 1.74. The van der Waals surface area contributed by atoms with Crippen molar-refractivity contribution < 1.29 is 19.4 Å². The van der Waals surface area contributed by atoms with E-state index in [1.165, 1.54) is 6.92 Å². The van der Waals surface area contributed by atoms with Crippen LogP contribution in [0.5, 0.6) is 0 Å². The van der Waals surface area contributed by atoms with Gasteiger partial charge in [-0.1, -0.05) is 0 Å². The molecule has 0 bridgehead atoms. The molecule has 1 fully saturated rings. The van der Waals surface area contributed by atoms with Crippen LogP contribution >= 0.6 is 0 Å². The Kier molecular flexibility index (Phi) is 3.68. The SMILES string of the molecule is CC(C(=O)O)C(=O)N1C[C@@H](C)O[C@@H](C)C1. The lowest BCUT2D eigenvalue weighted by molar-refractivity contribution is -0.156. The highest BCUT2D eigenvalue weighted by Crippen LogP contribution is 2.13. The fourth-order valence-electron chi connectivity index (χ4n) is 1.74. The maximum Gasteiger partial charge on any atom is 0.315 e. The van der Waals surface area contributed by atoms with Gasteiger partial charge in [0.25, 0.3) is 0 Å². The second kappa shape index (κ2) is 4.61. The summed E-state index contributed by atoms with van der Waals surface area (Å²) in [5.74, 6) is -2.38. The molecule has 0 saturated carbocycles. The van der Waals surface area contributed by atoms with Crippen LogP contribution in [0.2, 0.25) is 0 Å². The lowest BCUT2D eigenvalue weighted by Gasteiger charge is -2.36. The number of hydrogen-bond acceptors (Lipinski definition) is 3. The molecule has 0 aromatic heterocycles. The van der Waals surface area contributed by atoms with Crippen molar-refractivity contribution in [3.8, 4) is 0 Å². The van der Waals surface area contributed by atoms with E-state index in [0.717, 1.165) is 0 Å². The minimum atomic E-state index is -1.08. The minimum Gasteiger partial charge on any atom is -0.481 e. The first-order valence-electron chi connectivity index (χ1n) is 5.09. The Labute approximate surface area is 89.0 Å². The summed E-state index contributed by atoms with van der Waals surface area (Å²) in [6.07, 6.45) is -0.0580. The highest BCUT2D eigenvalue weighted by molar-refractivity contribution is 5.96. The van der Waals surface area contributed by atoms with Crippen molar-refractivity contribution in [3.05, 3.63) is 0 Å². The minimum absolute atomic E-state index is 0.0290. The van der Waals surface area contributed by atoms with Gasteiger partial charge in [0.1, 0.15) is 5.92 Å². The van der Waals surface area contributed by atoms with Crippen LogP contribution in [-0.4, -0.2) is 47.2 Å². The first kappa shape index (κ1) is 12.0. The highest BCUT2D eigenvalue weighted by Gasteiger charge is 2.31. The molecule has 1 saturated heterocycles. The fraction of sp³-hybridized carbons (Fsp3) is 0.800. The summed E-state index contributed by atoms with van der Waals surface area (Å²) in [4.78, 5) is 24.0. The number of morpholine rings is 1. The van der Waals surface area contributed by atoms with Crippen LogP contribution in [0.15, 0.2) is 0 Å². The van der Waals surface area contributed by atoms with Crippen LogP contribution in [0.4, 0.5) is 0 Å². The molecule has 0 aromatic rings. The summed E-state index contributed by atoms with van der Waals surface area (Å²) in [5.41, 5.74) is 0. The summed E-state index contributed by atoms with van der Waals surface area (Å²) in [7, 11) is 0. The van der Waals surface area contributed by atoms with Crippen LogP contribution in [0.25, 0.3) is 0 Å². The monoisotopic (exact) mass is 215 g/mol. The van der Waals surface area contributed by atoms with Crippen molar-refractivity contribution in [2.45, 2.75) is 33.0 Å². The third kappa shape index (κ3) is 2.92. The van der Waals surface area contributed by atoms with Gasteiger partial charge in [-0.05, 0) is 20.8 Å². The number of carboxylic acid groups (broad SMARTS) is 1. The number of hydrogen-bond donors (Lipinski definition) is 1. The van der Waals surface area contributed by atoms with E-state index < -0.39 is 11.9 Å². The first-order valence-corrected chi connectivity index (χ1v) is 5.09. The zero-order valence-electron chi connectivity index (χ0n) is 9.27. The molecule has 1 heterocycles. The predicted octanol–water partition coefficient (Wildman–Crippen LogP) is 0.343. The summed E-state index contributed by atoms with van der Waals surface area (Å²) < 4.78 is 5.47. The lowest BCUT2D eigenvalue weighted by Crippen LogP contribution is -2.50. The van der Waals surface area contributed by atoms with Crippen LogP contribution < -0.4 is 0 Å². The van der Waals surface area contributed by atoms with E-state index in [1.807, 2.05) is 13.8 Å². The molecule has 5 heteroatoms. The number of ether oxygens (including phenoxy) is 1. The largest absolute Gasteiger partial charge is 0.481 e. The molecule has 3 atom stereocenters. The number of rotatable bonds is 2. The topological polar surface area (TPSA) is 66.8 Å². The average Bonchev–Trinajstić information content (AvgIpc) is 2.13. The van der Waals surface area contributed by atoms with E-state index >= 15 is 0 Å². The van der Waals surface area contributed by atoms with Gasteiger partial charge in [-0.15, -0.1) is 0 Å². The molecule has 1 aliphatic heterocycles. The smallest absolute Gasteiger partial charge is 0.315 e. The summed E-state index contributed by atoms with van der Waals surface area (Å²) >= 11 is 0. The van der Waals surface area contributed by atoms with E-state index in [2.05, 4.69) is 0 Å². The maximum atomic E-state index is 11.7. The van der Waals surface area contributed by atoms with Crippen molar-refractivity contribution >= 4 is 11.9 Å².